The van der Waals surface area contributed by atoms with E-state index in [4.69, 9.17) is 0 Å². The molecule has 5 heteroatoms. The van der Waals surface area contributed by atoms with E-state index in [-0.39, 0.29) is 24.3 Å². The van der Waals surface area contributed by atoms with E-state index >= 15 is 0 Å². The van der Waals surface area contributed by atoms with E-state index in [0.717, 1.165) is 12.8 Å². The number of amides is 2. The van der Waals surface area contributed by atoms with Crippen LogP contribution in [0.15, 0.2) is 48.8 Å². The van der Waals surface area contributed by atoms with Crippen molar-refractivity contribution in [3.63, 3.8) is 0 Å². The first-order valence-corrected chi connectivity index (χ1v) is 7.27. The van der Waals surface area contributed by atoms with Gasteiger partial charge in [0.25, 0.3) is 0 Å². The van der Waals surface area contributed by atoms with E-state index in [1.54, 1.807) is 24.5 Å². The molecule has 0 unspecified atom stereocenters. The maximum atomic E-state index is 12.2. The average molecular weight is 295 g/mol. The Morgan fingerprint density at radius 1 is 1.09 bits per heavy atom. The molecule has 1 aliphatic carbocycles. The first-order chi connectivity index (χ1) is 10.7. The van der Waals surface area contributed by atoms with E-state index < -0.39 is 0 Å². The number of anilines is 1. The lowest BCUT2D eigenvalue weighted by atomic mass is 10.1. The molecule has 0 fully saturated rings. The third kappa shape index (κ3) is 3.31. The summed E-state index contributed by atoms with van der Waals surface area (Å²) < 4.78 is 0. The predicted molar refractivity (Wildman–Crippen MR) is 83.2 cm³/mol. The van der Waals surface area contributed by atoms with Gasteiger partial charge in [0.1, 0.15) is 0 Å². The minimum absolute atomic E-state index is 0.0272. The lowest BCUT2D eigenvalue weighted by Gasteiger charge is -2.10. The Morgan fingerprint density at radius 3 is 2.45 bits per heavy atom. The van der Waals surface area contributed by atoms with Crippen LogP contribution in [0.5, 0.6) is 0 Å². The van der Waals surface area contributed by atoms with Crippen molar-refractivity contribution in [2.45, 2.75) is 12.8 Å². The van der Waals surface area contributed by atoms with Crippen LogP contribution >= 0.6 is 0 Å². The summed E-state index contributed by atoms with van der Waals surface area (Å²) in [4.78, 5) is 27.9. The molecule has 0 atom stereocenters. The molecule has 2 amide bonds. The molecule has 0 spiro atoms. The molecule has 2 aromatic rings. The van der Waals surface area contributed by atoms with Gasteiger partial charge in [-0.15, -0.1) is 0 Å². The van der Waals surface area contributed by atoms with E-state index in [2.05, 4.69) is 27.8 Å². The number of nitrogens with zero attached hydrogens (tertiary/aromatic N) is 1. The van der Waals surface area contributed by atoms with E-state index in [9.17, 15) is 9.59 Å². The summed E-state index contributed by atoms with van der Waals surface area (Å²) in [5, 5.41) is 5.40. The minimum Gasteiger partial charge on any atom is -0.347 e. The zero-order chi connectivity index (χ0) is 15.4. The highest BCUT2D eigenvalue weighted by atomic mass is 16.2. The van der Waals surface area contributed by atoms with Crippen LogP contribution in [0.3, 0.4) is 0 Å². The van der Waals surface area contributed by atoms with Crippen LogP contribution in [0, 0.1) is 5.92 Å². The lowest BCUT2D eigenvalue weighted by molar-refractivity contribution is -0.127. The number of rotatable bonds is 4. The van der Waals surface area contributed by atoms with Gasteiger partial charge in [0, 0.05) is 12.1 Å². The lowest BCUT2D eigenvalue weighted by Crippen LogP contribution is -2.37. The van der Waals surface area contributed by atoms with E-state index in [0.29, 0.717) is 5.69 Å². The first-order valence-electron chi connectivity index (χ1n) is 7.27. The van der Waals surface area contributed by atoms with Gasteiger partial charge < -0.3 is 10.6 Å². The minimum atomic E-state index is -0.253. The average Bonchev–Trinajstić information content (AvgIpc) is 2.98. The molecular formula is C17H17N3O2. The summed E-state index contributed by atoms with van der Waals surface area (Å²) in [5.74, 6) is -0.405. The molecule has 22 heavy (non-hydrogen) atoms. The largest absolute Gasteiger partial charge is 0.347 e. The molecule has 3 rings (SSSR count). The van der Waals surface area contributed by atoms with Gasteiger partial charge in [0.2, 0.25) is 11.8 Å². The molecule has 0 radical (unpaired) electrons. The van der Waals surface area contributed by atoms with Gasteiger partial charge in [-0.25, -0.2) is 0 Å². The third-order valence-corrected chi connectivity index (χ3v) is 3.79. The second kappa shape index (κ2) is 6.39. The first kappa shape index (κ1) is 14.3. The van der Waals surface area contributed by atoms with Crippen molar-refractivity contribution >= 4 is 17.5 Å². The van der Waals surface area contributed by atoms with Gasteiger partial charge >= 0.3 is 0 Å². The standard InChI is InChI=1S/C17H17N3O2/c21-16(20-15-6-3-7-18-10-15)11-19-17(22)14-8-12-4-1-2-5-13(12)9-14/h1-7,10,14H,8-9,11H2,(H,19,22)(H,20,21). The van der Waals surface area contributed by atoms with Gasteiger partial charge in [0.15, 0.2) is 0 Å². The Labute approximate surface area is 128 Å². The van der Waals surface area contributed by atoms with Crippen LogP contribution in [0.25, 0.3) is 0 Å². The number of benzene rings is 1. The smallest absolute Gasteiger partial charge is 0.243 e. The SMILES string of the molecule is O=C(CNC(=O)C1Cc2ccccc2C1)Nc1cccnc1. The quantitative estimate of drug-likeness (QED) is 0.899. The predicted octanol–water partition coefficient (Wildman–Crippen LogP) is 1.55. The van der Waals surface area contributed by atoms with Crippen LogP contribution in [0.2, 0.25) is 0 Å². The molecule has 0 bridgehead atoms. The zero-order valence-corrected chi connectivity index (χ0v) is 12.1. The van der Waals surface area contributed by atoms with Gasteiger partial charge in [0.05, 0.1) is 18.4 Å². The van der Waals surface area contributed by atoms with Crippen LogP contribution in [0.4, 0.5) is 5.69 Å². The van der Waals surface area contributed by atoms with Crippen LogP contribution in [-0.4, -0.2) is 23.3 Å². The number of carbonyl (C=O) groups is 2. The van der Waals surface area contributed by atoms with Gasteiger partial charge in [-0.05, 0) is 36.1 Å². The zero-order valence-electron chi connectivity index (χ0n) is 12.1. The molecule has 1 aliphatic rings. The number of hydrogen-bond acceptors (Lipinski definition) is 3. The Morgan fingerprint density at radius 2 is 1.82 bits per heavy atom. The molecule has 0 saturated heterocycles. The highest BCUT2D eigenvalue weighted by Gasteiger charge is 2.27. The van der Waals surface area contributed by atoms with Crippen molar-refractivity contribution in [3.8, 4) is 0 Å². The van der Waals surface area contributed by atoms with Crippen LogP contribution < -0.4 is 10.6 Å². The van der Waals surface area contributed by atoms with E-state index in [1.165, 1.54) is 11.1 Å². The van der Waals surface area contributed by atoms with Crippen LogP contribution in [0.1, 0.15) is 11.1 Å². The fraction of sp³-hybridized carbons (Fsp3) is 0.235. The Bertz CT molecular complexity index is 660. The molecule has 2 N–H and O–H groups in total. The monoisotopic (exact) mass is 295 g/mol. The molecule has 5 nitrogen and oxygen atoms in total. The van der Waals surface area contributed by atoms with Crippen molar-refractivity contribution in [2.24, 2.45) is 5.92 Å². The Hall–Kier alpha value is -2.69. The number of pyridine rings is 1. The fourth-order valence-corrected chi connectivity index (χ4v) is 2.70. The topological polar surface area (TPSA) is 71.1 Å². The summed E-state index contributed by atoms with van der Waals surface area (Å²) in [7, 11) is 0. The molecule has 112 valence electrons. The molecule has 1 heterocycles. The van der Waals surface area contributed by atoms with Crippen molar-refractivity contribution in [3.05, 3.63) is 59.9 Å². The third-order valence-electron chi connectivity index (χ3n) is 3.79. The van der Waals surface area contributed by atoms with Crippen molar-refractivity contribution in [1.82, 2.24) is 10.3 Å². The van der Waals surface area contributed by atoms with Gasteiger partial charge in [-0.2, -0.15) is 0 Å². The van der Waals surface area contributed by atoms with Crippen LogP contribution in [-0.2, 0) is 22.4 Å². The number of nitrogens with one attached hydrogen (secondary N) is 2. The van der Waals surface area contributed by atoms with Gasteiger partial charge in [-0.3, -0.25) is 14.6 Å². The highest BCUT2D eigenvalue weighted by Crippen LogP contribution is 2.26. The van der Waals surface area contributed by atoms with Crippen molar-refractivity contribution in [1.29, 1.82) is 0 Å². The normalized spacial score (nSPS) is 13.5. The molecule has 0 saturated carbocycles. The summed E-state index contributed by atoms with van der Waals surface area (Å²) in [6.07, 6.45) is 4.68. The maximum Gasteiger partial charge on any atom is 0.243 e. The highest BCUT2D eigenvalue weighted by molar-refractivity contribution is 5.94. The van der Waals surface area contributed by atoms with E-state index in [1.807, 2.05) is 12.1 Å². The summed E-state index contributed by atoms with van der Waals surface area (Å²) in [6, 6.07) is 11.6. The number of hydrogen-bond donors (Lipinski definition) is 2. The molecule has 1 aromatic carbocycles. The summed E-state index contributed by atoms with van der Waals surface area (Å²) >= 11 is 0. The maximum absolute atomic E-state index is 12.2. The second-order valence-corrected chi connectivity index (χ2v) is 5.38. The number of carbonyl (C=O) groups excluding carboxylic acids is 2. The van der Waals surface area contributed by atoms with Crippen molar-refractivity contribution in [2.75, 3.05) is 11.9 Å². The molecular weight excluding hydrogens is 278 g/mol. The second-order valence-electron chi connectivity index (χ2n) is 5.38. The summed E-state index contributed by atoms with van der Waals surface area (Å²) in [5.41, 5.74) is 3.07. The van der Waals surface area contributed by atoms with Crippen molar-refractivity contribution < 1.29 is 9.59 Å². The molecule has 1 aromatic heterocycles. The number of aromatic nitrogens is 1. The Balaban J connectivity index is 1.48. The summed E-state index contributed by atoms with van der Waals surface area (Å²) in [6.45, 7) is -0.0272. The Kier molecular flexibility index (Phi) is 4.14. The fourth-order valence-electron chi connectivity index (χ4n) is 2.70. The van der Waals surface area contributed by atoms with Gasteiger partial charge in [-0.1, -0.05) is 24.3 Å². The number of fused-ring (bicyclic) bond motifs is 1. The molecule has 0 aliphatic heterocycles.